The van der Waals surface area contributed by atoms with E-state index >= 15 is 0 Å². The van der Waals surface area contributed by atoms with Crippen molar-refractivity contribution in [1.29, 1.82) is 0 Å². The first kappa shape index (κ1) is 16.2. The highest BCUT2D eigenvalue weighted by atomic mass is 35.5. The van der Waals surface area contributed by atoms with Gasteiger partial charge >= 0.3 is 0 Å². The molecular weight excluding hydrogens is 319 g/mol. The minimum Gasteiger partial charge on any atom is -0.316 e. The van der Waals surface area contributed by atoms with Gasteiger partial charge in [0.2, 0.25) is 10.0 Å². The Kier molecular flexibility index (Phi) is 5.18. The van der Waals surface area contributed by atoms with E-state index in [0.717, 1.165) is 0 Å². The Morgan fingerprint density at radius 2 is 2.29 bits per heavy atom. The van der Waals surface area contributed by atoms with Gasteiger partial charge in [0.05, 0.1) is 5.75 Å². The lowest BCUT2D eigenvalue weighted by Crippen LogP contribution is -2.41. The quantitative estimate of drug-likeness (QED) is 0.849. The first-order valence-corrected chi connectivity index (χ1v) is 8.54. The van der Waals surface area contributed by atoms with Crippen molar-refractivity contribution in [3.05, 3.63) is 34.9 Å². The molecule has 2 rings (SSSR count). The molecular formula is C13H16ClFN2O3S. The van der Waals surface area contributed by atoms with Crippen molar-refractivity contribution in [2.75, 3.05) is 13.1 Å². The molecule has 2 atom stereocenters. The molecule has 0 saturated carbocycles. The summed E-state index contributed by atoms with van der Waals surface area (Å²) in [5.41, 5.74) is 0.431. The van der Waals surface area contributed by atoms with Crippen LogP contribution in [0.5, 0.6) is 0 Å². The summed E-state index contributed by atoms with van der Waals surface area (Å²) in [5, 5.41) is 3.33. The van der Waals surface area contributed by atoms with Gasteiger partial charge in [-0.2, -0.15) is 0 Å². The molecule has 1 aromatic carbocycles. The van der Waals surface area contributed by atoms with E-state index in [0.29, 0.717) is 30.1 Å². The van der Waals surface area contributed by atoms with Gasteiger partial charge in [-0.1, -0.05) is 23.7 Å². The fourth-order valence-electron chi connectivity index (χ4n) is 2.23. The summed E-state index contributed by atoms with van der Waals surface area (Å²) in [4.78, 5) is 11.7. The van der Waals surface area contributed by atoms with Gasteiger partial charge in [-0.05, 0) is 30.7 Å². The number of halogens is 2. The van der Waals surface area contributed by atoms with E-state index in [9.17, 15) is 17.6 Å². The molecule has 21 heavy (non-hydrogen) atoms. The Hall–Kier alpha value is -1.18. The van der Waals surface area contributed by atoms with Crippen LogP contribution in [0, 0.1) is 5.92 Å². The molecule has 0 radical (unpaired) electrons. The van der Waals surface area contributed by atoms with Gasteiger partial charge < -0.3 is 5.32 Å². The number of sulfonamides is 1. The van der Waals surface area contributed by atoms with E-state index in [1.165, 1.54) is 6.07 Å². The fraction of sp³-hybridized carbons (Fsp3) is 0.462. The summed E-state index contributed by atoms with van der Waals surface area (Å²) in [6.45, 7) is 1.01. The van der Waals surface area contributed by atoms with Gasteiger partial charge in [0.15, 0.2) is 6.17 Å². The zero-order chi connectivity index (χ0) is 15.5. The minimum atomic E-state index is -3.94. The predicted molar refractivity (Wildman–Crippen MR) is 78.1 cm³/mol. The smallest absolute Gasteiger partial charge is 0.268 e. The van der Waals surface area contributed by atoms with Crippen molar-refractivity contribution in [3.8, 4) is 0 Å². The number of nitrogens with one attached hydrogen (secondary N) is 2. The van der Waals surface area contributed by atoms with E-state index in [4.69, 9.17) is 11.6 Å². The van der Waals surface area contributed by atoms with Crippen molar-refractivity contribution in [2.24, 2.45) is 5.92 Å². The average Bonchev–Trinajstić information content (AvgIpc) is 2.90. The molecule has 2 N–H and O–H groups in total. The maximum absolute atomic E-state index is 13.9. The van der Waals surface area contributed by atoms with Gasteiger partial charge in [0, 0.05) is 17.5 Å². The number of hydrogen-bond donors (Lipinski definition) is 2. The van der Waals surface area contributed by atoms with E-state index in [1.54, 1.807) is 22.9 Å². The lowest BCUT2D eigenvalue weighted by Gasteiger charge is -2.14. The van der Waals surface area contributed by atoms with E-state index in [2.05, 4.69) is 5.32 Å². The molecule has 8 heteroatoms. The van der Waals surface area contributed by atoms with Gasteiger partial charge in [0.25, 0.3) is 5.91 Å². The molecule has 2 unspecified atom stereocenters. The van der Waals surface area contributed by atoms with Crippen molar-refractivity contribution in [2.45, 2.75) is 18.3 Å². The van der Waals surface area contributed by atoms with E-state index in [-0.39, 0.29) is 0 Å². The van der Waals surface area contributed by atoms with Crippen LogP contribution < -0.4 is 10.0 Å². The summed E-state index contributed by atoms with van der Waals surface area (Å²) in [6, 6.07) is 6.28. The molecule has 0 aliphatic carbocycles. The molecule has 5 nitrogen and oxygen atoms in total. The van der Waals surface area contributed by atoms with Crippen LogP contribution in [0.15, 0.2) is 24.3 Å². The number of carbonyl (C=O) groups is 1. The van der Waals surface area contributed by atoms with Crippen molar-refractivity contribution in [1.82, 2.24) is 10.0 Å². The normalized spacial score (nSPS) is 20.2. The highest BCUT2D eigenvalue weighted by Gasteiger charge is 2.32. The lowest BCUT2D eigenvalue weighted by molar-refractivity contribution is -0.125. The third-order valence-electron chi connectivity index (χ3n) is 3.26. The Balaban J connectivity index is 1.98. The van der Waals surface area contributed by atoms with E-state index < -0.39 is 33.8 Å². The molecule has 1 aliphatic rings. The van der Waals surface area contributed by atoms with Crippen molar-refractivity contribution in [3.63, 3.8) is 0 Å². The Labute approximate surface area is 127 Å². The predicted octanol–water partition coefficient (Wildman–Crippen LogP) is 1.23. The molecule has 1 saturated heterocycles. The second-order valence-corrected chi connectivity index (χ2v) is 7.17. The van der Waals surface area contributed by atoms with Crippen LogP contribution in [0.2, 0.25) is 5.02 Å². The van der Waals surface area contributed by atoms with Crippen molar-refractivity contribution < 1.29 is 17.6 Å². The largest absolute Gasteiger partial charge is 0.316 e. The second-order valence-electron chi connectivity index (χ2n) is 5.01. The minimum absolute atomic E-state index is 0.378. The molecule has 116 valence electrons. The Morgan fingerprint density at radius 3 is 2.90 bits per heavy atom. The fourth-order valence-corrected chi connectivity index (χ4v) is 3.56. The van der Waals surface area contributed by atoms with Crippen LogP contribution in [0.25, 0.3) is 0 Å². The molecule has 1 aromatic rings. The van der Waals surface area contributed by atoms with Gasteiger partial charge in [-0.25, -0.2) is 12.8 Å². The maximum Gasteiger partial charge on any atom is 0.268 e. The summed E-state index contributed by atoms with van der Waals surface area (Å²) in [6.07, 6.45) is -1.31. The SMILES string of the molecule is O=C(NS(=O)(=O)Cc1cccc(Cl)c1)C(F)C1CCNC1. The summed E-state index contributed by atoms with van der Waals surface area (Å²) in [7, 11) is -3.94. The highest BCUT2D eigenvalue weighted by Crippen LogP contribution is 2.17. The topological polar surface area (TPSA) is 75.3 Å². The number of benzene rings is 1. The molecule has 0 spiro atoms. The van der Waals surface area contributed by atoms with Crippen LogP contribution in [-0.2, 0) is 20.6 Å². The second kappa shape index (κ2) is 6.72. The Bertz CT molecular complexity index is 618. The van der Waals surface area contributed by atoms with Gasteiger partial charge in [-0.15, -0.1) is 0 Å². The third kappa shape index (κ3) is 4.66. The summed E-state index contributed by atoms with van der Waals surface area (Å²) in [5.74, 6) is -2.01. The first-order chi connectivity index (χ1) is 9.87. The molecule has 1 heterocycles. The van der Waals surface area contributed by atoms with E-state index in [1.807, 2.05) is 0 Å². The van der Waals surface area contributed by atoms with Crippen LogP contribution in [-0.4, -0.2) is 33.6 Å². The number of alkyl halides is 1. The number of amides is 1. The monoisotopic (exact) mass is 334 g/mol. The van der Waals surface area contributed by atoms with Crippen molar-refractivity contribution >= 4 is 27.5 Å². The maximum atomic E-state index is 13.9. The average molecular weight is 335 g/mol. The summed E-state index contributed by atoms with van der Waals surface area (Å²) >= 11 is 5.77. The van der Waals surface area contributed by atoms with Gasteiger partial charge in [-0.3, -0.25) is 9.52 Å². The molecule has 1 fully saturated rings. The zero-order valence-electron chi connectivity index (χ0n) is 11.2. The van der Waals surface area contributed by atoms with Crippen LogP contribution in [0.4, 0.5) is 4.39 Å². The zero-order valence-corrected chi connectivity index (χ0v) is 12.8. The number of hydrogen-bond acceptors (Lipinski definition) is 4. The van der Waals surface area contributed by atoms with Crippen LogP contribution >= 0.6 is 11.6 Å². The van der Waals surface area contributed by atoms with Gasteiger partial charge in [0.1, 0.15) is 0 Å². The standard InChI is InChI=1S/C13H16ClFN2O3S/c14-11-3-1-2-9(6-11)8-21(19,20)17-13(18)12(15)10-4-5-16-7-10/h1-3,6,10,12,16H,4-5,7-8H2,(H,17,18). The molecule has 0 bridgehead atoms. The number of carbonyl (C=O) groups excluding carboxylic acids is 1. The Morgan fingerprint density at radius 1 is 1.52 bits per heavy atom. The highest BCUT2D eigenvalue weighted by molar-refractivity contribution is 7.89. The van der Waals surface area contributed by atoms with Crippen LogP contribution in [0.3, 0.4) is 0 Å². The number of rotatable bonds is 5. The first-order valence-electron chi connectivity index (χ1n) is 6.51. The summed E-state index contributed by atoms with van der Waals surface area (Å²) < 4.78 is 39.5. The lowest BCUT2D eigenvalue weighted by atomic mass is 10.0. The third-order valence-corrected chi connectivity index (χ3v) is 4.73. The molecule has 0 aromatic heterocycles. The molecule has 1 amide bonds. The molecule has 1 aliphatic heterocycles. The van der Waals surface area contributed by atoms with Crippen LogP contribution in [0.1, 0.15) is 12.0 Å².